The lowest BCUT2D eigenvalue weighted by Crippen LogP contribution is -2.54. The molecule has 2 aromatic rings. The number of carbonyl (C=O) groups is 1. The molecule has 3 aliphatic heterocycles. The van der Waals surface area contributed by atoms with Crippen LogP contribution in [0, 0.1) is 5.82 Å². The van der Waals surface area contributed by atoms with Crippen molar-refractivity contribution >= 4 is 40.1 Å². The molecule has 0 spiro atoms. The van der Waals surface area contributed by atoms with Crippen molar-refractivity contribution in [3.05, 3.63) is 77.3 Å². The molecule has 3 atom stereocenters. The van der Waals surface area contributed by atoms with E-state index in [1.165, 1.54) is 23.9 Å². The highest BCUT2D eigenvalue weighted by Gasteiger charge is 2.44. The Morgan fingerprint density at radius 1 is 1.19 bits per heavy atom. The van der Waals surface area contributed by atoms with Crippen LogP contribution in [0.2, 0.25) is 5.02 Å². The van der Waals surface area contributed by atoms with Crippen LogP contribution in [0.4, 0.5) is 10.1 Å². The molecule has 7 nitrogen and oxygen atoms in total. The molecule has 0 radical (unpaired) electrons. The molecule has 3 heterocycles. The van der Waals surface area contributed by atoms with E-state index in [1.54, 1.807) is 24.3 Å². The van der Waals surface area contributed by atoms with Crippen molar-refractivity contribution in [2.45, 2.75) is 24.7 Å². The van der Waals surface area contributed by atoms with Crippen molar-refractivity contribution < 1.29 is 9.18 Å². The molecule has 0 bridgehead atoms. The fourth-order valence-electron chi connectivity index (χ4n) is 3.92. The highest BCUT2D eigenvalue weighted by Crippen LogP contribution is 2.35. The van der Waals surface area contributed by atoms with Crippen molar-refractivity contribution in [1.29, 1.82) is 0 Å². The first-order chi connectivity index (χ1) is 15.1. The number of amides is 1. The van der Waals surface area contributed by atoms with Gasteiger partial charge in [-0.1, -0.05) is 35.5 Å². The van der Waals surface area contributed by atoms with Crippen molar-refractivity contribution in [2.75, 3.05) is 11.1 Å². The molecule has 3 N–H and O–H groups in total. The first-order valence-electron chi connectivity index (χ1n) is 9.85. The number of nitrogens with one attached hydrogen (secondary N) is 3. The maximum absolute atomic E-state index is 13.2. The second kappa shape index (κ2) is 8.41. The van der Waals surface area contributed by atoms with Gasteiger partial charge in [0.15, 0.2) is 5.17 Å². The number of hydrazone groups is 1. The van der Waals surface area contributed by atoms with Crippen LogP contribution in [0.3, 0.4) is 0 Å². The highest BCUT2D eigenvalue weighted by atomic mass is 35.5. The van der Waals surface area contributed by atoms with Crippen molar-refractivity contribution in [3.8, 4) is 0 Å². The van der Waals surface area contributed by atoms with E-state index in [0.717, 1.165) is 17.2 Å². The molecule has 1 fully saturated rings. The number of rotatable bonds is 4. The summed E-state index contributed by atoms with van der Waals surface area (Å²) in [5, 5.41) is 10.7. The van der Waals surface area contributed by atoms with Gasteiger partial charge < -0.3 is 15.2 Å². The Hall–Kier alpha value is -2.75. The van der Waals surface area contributed by atoms with E-state index in [1.807, 2.05) is 24.5 Å². The second-order valence-corrected chi connectivity index (χ2v) is 8.84. The summed E-state index contributed by atoms with van der Waals surface area (Å²) in [4.78, 5) is 14.4. The van der Waals surface area contributed by atoms with Crippen molar-refractivity contribution in [2.24, 2.45) is 5.10 Å². The molecular weight excluding hydrogens is 439 g/mol. The number of benzene rings is 2. The number of hydrogen-bond donors (Lipinski definition) is 3. The molecule has 1 amide bonds. The molecule has 5 rings (SSSR count). The van der Waals surface area contributed by atoms with Gasteiger partial charge in [0.05, 0.1) is 17.8 Å². The first-order valence-corrected chi connectivity index (χ1v) is 11.2. The van der Waals surface area contributed by atoms with Crippen molar-refractivity contribution in [3.63, 3.8) is 0 Å². The number of amidine groups is 1. The van der Waals surface area contributed by atoms with Gasteiger partial charge in [0.2, 0.25) is 5.91 Å². The molecule has 3 aliphatic rings. The molecule has 160 valence electrons. The number of halogens is 2. The summed E-state index contributed by atoms with van der Waals surface area (Å²) < 4.78 is 13.2. The quantitative estimate of drug-likeness (QED) is 0.651. The zero-order valence-electron chi connectivity index (χ0n) is 16.3. The minimum atomic E-state index is -0.238. The van der Waals surface area contributed by atoms with Crippen LogP contribution < -0.4 is 16.2 Å². The number of carbonyl (C=O) groups excluding carboxylic acids is 1. The second-order valence-electron chi connectivity index (χ2n) is 7.46. The number of thioether (sulfide) groups is 1. The molecule has 3 unspecified atom stereocenters. The van der Waals surface area contributed by atoms with Crippen molar-refractivity contribution in [1.82, 2.24) is 20.8 Å². The van der Waals surface area contributed by atoms with Crippen LogP contribution >= 0.6 is 23.4 Å². The van der Waals surface area contributed by atoms with Gasteiger partial charge in [-0.2, -0.15) is 5.10 Å². The number of nitrogens with zero attached hydrogens (tertiary/aromatic N) is 3. The Morgan fingerprint density at radius 3 is 2.74 bits per heavy atom. The largest absolute Gasteiger partial charge is 0.325 e. The standard InChI is InChI=1S/C21H20ClFN6OS/c22-14-3-7-16(8-4-14)24-19(30)12-31-21-26-25-20-18-11-17(13-1-5-15(23)6-2-13)27-29(18)10-9-28(20)21/h1-10,17-18,20,25,27H,11-12H2,(H,24,30). The zero-order valence-corrected chi connectivity index (χ0v) is 17.9. The van der Waals surface area contributed by atoms with E-state index in [0.29, 0.717) is 10.7 Å². The topological polar surface area (TPSA) is 72.0 Å². The fraction of sp³-hybridized carbons (Fsp3) is 0.238. The lowest BCUT2D eigenvalue weighted by molar-refractivity contribution is -0.113. The SMILES string of the molecule is O=C(CSC1=NNC2C3CC(c4ccc(F)cc4)NN3C=CN12)Nc1ccc(Cl)cc1. The summed E-state index contributed by atoms with van der Waals surface area (Å²) in [7, 11) is 0. The number of hydrazine groups is 1. The molecule has 31 heavy (non-hydrogen) atoms. The predicted octanol–water partition coefficient (Wildman–Crippen LogP) is 3.46. The number of hydrogen-bond acceptors (Lipinski definition) is 7. The van der Waals surface area contributed by atoms with Crippen LogP contribution in [-0.2, 0) is 4.79 Å². The monoisotopic (exact) mass is 458 g/mol. The van der Waals surface area contributed by atoms with Crippen LogP contribution in [0.1, 0.15) is 18.0 Å². The number of anilines is 1. The van der Waals surface area contributed by atoms with Gasteiger partial charge in [0, 0.05) is 23.1 Å². The third-order valence-corrected chi connectivity index (χ3v) is 6.66. The van der Waals surface area contributed by atoms with E-state index in [-0.39, 0.29) is 35.7 Å². The maximum Gasteiger partial charge on any atom is 0.234 e. The minimum absolute atomic E-state index is 0.0372. The molecule has 2 aromatic carbocycles. The first kappa shape index (κ1) is 20.2. The van der Waals surface area contributed by atoms with Gasteiger partial charge in [-0.05, 0) is 48.4 Å². The Bertz CT molecular complexity index is 1030. The Balaban J connectivity index is 1.18. The molecular formula is C21H20ClFN6OS. The Morgan fingerprint density at radius 2 is 1.97 bits per heavy atom. The summed E-state index contributed by atoms with van der Waals surface area (Å²) >= 11 is 7.25. The van der Waals surface area contributed by atoms with Crippen LogP contribution in [-0.4, -0.2) is 38.9 Å². The molecule has 0 aromatic heterocycles. The van der Waals surface area contributed by atoms with E-state index in [2.05, 4.69) is 31.2 Å². The fourth-order valence-corrected chi connectivity index (χ4v) is 4.82. The number of fused-ring (bicyclic) bond motifs is 3. The average molecular weight is 459 g/mol. The van der Waals surface area contributed by atoms with E-state index in [9.17, 15) is 9.18 Å². The molecule has 1 saturated heterocycles. The van der Waals surface area contributed by atoms with E-state index < -0.39 is 0 Å². The van der Waals surface area contributed by atoms with Gasteiger partial charge >= 0.3 is 0 Å². The summed E-state index contributed by atoms with van der Waals surface area (Å²) in [6, 6.07) is 13.8. The average Bonchev–Trinajstić information content (AvgIpc) is 3.38. The lowest BCUT2D eigenvalue weighted by atomic mass is 10.00. The van der Waals surface area contributed by atoms with Crippen LogP contribution in [0.15, 0.2) is 66.0 Å². The summed E-state index contributed by atoms with van der Waals surface area (Å²) in [5.41, 5.74) is 8.41. The molecule has 0 saturated carbocycles. The molecule has 0 aliphatic carbocycles. The van der Waals surface area contributed by atoms with E-state index in [4.69, 9.17) is 11.6 Å². The third-order valence-electron chi connectivity index (χ3n) is 5.44. The van der Waals surface area contributed by atoms with Crippen LogP contribution in [0.25, 0.3) is 0 Å². The minimum Gasteiger partial charge on any atom is -0.325 e. The molecule has 10 heteroatoms. The van der Waals surface area contributed by atoms with Gasteiger partial charge in [0.25, 0.3) is 0 Å². The van der Waals surface area contributed by atoms with Gasteiger partial charge in [-0.25, -0.2) is 9.82 Å². The van der Waals surface area contributed by atoms with Gasteiger partial charge in [0.1, 0.15) is 12.0 Å². The Kier molecular flexibility index (Phi) is 5.47. The van der Waals surface area contributed by atoms with Crippen LogP contribution in [0.5, 0.6) is 0 Å². The lowest BCUT2D eigenvalue weighted by Gasteiger charge is -2.36. The zero-order chi connectivity index (χ0) is 21.4. The maximum atomic E-state index is 13.2. The Labute approximate surface area is 188 Å². The normalized spacial score (nSPS) is 23.8. The smallest absolute Gasteiger partial charge is 0.234 e. The summed E-state index contributed by atoms with van der Waals surface area (Å²) in [6.45, 7) is 0. The van der Waals surface area contributed by atoms with Gasteiger partial charge in [-0.3, -0.25) is 10.2 Å². The van der Waals surface area contributed by atoms with E-state index >= 15 is 0 Å². The summed E-state index contributed by atoms with van der Waals surface area (Å²) in [5.74, 6) is -0.108. The highest BCUT2D eigenvalue weighted by molar-refractivity contribution is 8.14. The predicted molar refractivity (Wildman–Crippen MR) is 120 cm³/mol. The van der Waals surface area contributed by atoms with Gasteiger partial charge in [-0.15, -0.1) is 0 Å². The third kappa shape index (κ3) is 4.21. The summed E-state index contributed by atoms with van der Waals surface area (Å²) in [6.07, 6.45) is 4.73.